The first-order chi connectivity index (χ1) is 5.29. The van der Waals surface area contributed by atoms with E-state index in [-0.39, 0.29) is 0 Å². The SMILES string of the molecule is CC1CCCc2c(N)n[nH]c21. The fraction of sp³-hybridized carbons (Fsp3) is 0.625. The molecule has 0 radical (unpaired) electrons. The first kappa shape index (κ1) is 6.70. The van der Waals surface area contributed by atoms with Crippen LogP contribution in [0.1, 0.15) is 36.9 Å². The number of nitrogens with one attached hydrogen (secondary N) is 1. The molecule has 2 rings (SSSR count). The predicted octanol–water partition coefficient (Wildman–Crippen LogP) is 1.43. The zero-order chi connectivity index (χ0) is 7.84. The highest BCUT2D eigenvalue weighted by atomic mass is 15.2. The van der Waals surface area contributed by atoms with Crippen molar-refractivity contribution >= 4 is 5.82 Å². The molecule has 0 aromatic carbocycles. The molecule has 1 aliphatic rings. The Kier molecular flexibility index (Phi) is 1.37. The molecule has 0 bridgehead atoms. The molecule has 0 fully saturated rings. The molecular formula is C8H13N3. The number of nitrogen functional groups attached to an aromatic ring is 1. The molecule has 0 aliphatic heterocycles. The van der Waals surface area contributed by atoms with Gasteiger partial charge in [-0.3, -0.25) is 5.10 Å². The van der Waals surface area contributed by atoms with Gasteiger partial charge in [0.15, 0.2) is 0 Å². The number of nitrogens with zero attached hydrogens (tertiary/aromatic N) is 1. The lowest BCUT2D eigenvalue weighted by atomic mass is 9.89. The molecular weight excluding hydrogens is 138 g/mol. The number of fused-ring (bicyclic) bond motifs is 1. The van der Waals surface area contributed by atoms with Gasteiger partial charge in [-0.15, -0.1) is 0 Å². The van der Waals surface area contributed by atoms with E-state index in [2.05, 4.69) is 17.1 Å². The summed E-state index contributed by atoms with van der Waals surface area (Å²) in [6, 6.07) is 0. The number of rotatable bonds is 0. The maximum Gasteiger partial charge on any atom is 0.148 e. The van der Waals surface area contributed by atoms with Crippen molar-refractivity contribution in [2.45, 2.75) is 32.1 Å². The number of H-pyrrole nitrogens is 1. The zero-order valence-electron chi connectivity index (χ0n) is 6.72. The van der Waals surface area contributed by atoms with Crippen LogP contribution in [0.15, 0.2) is 0 Å². The van der Waals surface area contributed by atoms with Gasteiger partial charge in [0.05, 0.1) is 0 Å². The van der Waals surface area contributed by atoms with Gasteiger partial charge < -0.3 is 5.73 Å². The number of aromatic amines is 1. The standard InChI is InChI=1S/C8H13N3/c1-5-3-2-4-6-7(5)10-11-8(6)9/h5H,2-4H2,1H3,(H3,9,10,11). The highest BCUT2D eigenvalue weighted by molar-refractivity contribution is 5.44. The van der Waals surface area contributed by atoms with Gasteiger partial charge in [0.2, 0.25) is 0 Å². The number of anilines is 1. The molecule has 1 aromatic rings. The third kappa shape index (κ3) is 0.914. The molecule has 11 heavy (non-hydrogen) atoms. The molecule has 1 aromatic heterocycles. The average molecular weight is 151 g/mol. The second kappa shape index (κ2) is 2.26. The van der Waals surface area contributed by atoms with Crippen molar-refractivity contribution in [3.8, 4) is 0 Å². The van der Waals surface area contributed by atoms with Crippen LogP contribution in [0.3, 0.4) is 0 Å². The van der Waals surface area contributed by atoms with Crippen LogP contribution >= 0.6 is 0 Å². The summed E-state index contributed by atoms with van der Waals surface area (Å²) in [6.07, 6.45) is 3.61. The fourth-order valence-electron chi connectivity index (χ4n) is 1.79. The topological polar surface area (TPSA) is 54.7 Å². The second-order valence-corrected chi connectivity index (χ2v) is 3.29. The zero-order valence-corrected chi connectivity index (χ0v) is 6.72. The molecule has 0 spiro atoms. The van der Waals surface area contributed by atoms with E-state index in [1.54, 1.807) is 0 Å². The Bertz CT molecular complexity index is 264. The maximum absolute atomic E-state index is 5.68. The molecule has 1 atom stereocenters. The monoisotopic (exact) mass is 151 g/mol. The fourth-order valence-corrected chi connectivity index (χ4v) is 1.79. The Morgan fingerprint density at radius 2 is 2.45 bits per heavy atom. The van der Waals surface area contributed by atoms with Gasteiger partial charge in [-0.05, 0) is 25.2 Å². The Balaban J connectivity index is 2.46. The highest BCUT2D eigenvalue weighted by Gasteiger charge is 2.20. The molecule has 60 valence electrons. The van der Waals surface area contributed by atoms with E-state index in [4.69, 9.17) is 5.73 Å². The third-order valence-corrected chi connectivity index (χ3v) is 2.49. The van der Waals surface area contributed by atoms with Crippen molar-refractivity contribution in [2.24, 2.45) is 0 Å². The van der Waals surface area contributed by atoms with Gasteiger partial charge in [0.25, 0.3) is 0 Å². The molecule has 1 heterocycles. The molecule has 1 aliphatic carbocycles. The van der Waals surface area contributed by atoms with Crippen molar-refractivity contribution in [1.82, 2.24) is 10.2 Å². The van der Waals surface area contributed by atoms with Crippen molar-refractivity contribution in [2.75, 3.05) is 5.73 Å². The first-order valence-corrected chi connectivity index (χ1v) is 4.11. The molecule has 0 saturated heterocycles. The van der Waals surface area contributed by atoms with E-state index in [0.717, 1.165) is 6.42 Å². The minimum absolute atomic E-state index is 0.614. The van der Waals surface area contributed by atoms with E-state index in [0.29, 0.717) is 11.7 Å². The van der Waals surface area contributed by atoms with Gasteiger partial charge >= 0.3 is 0 Å². The van der Waals surface area contributed by atoms with Gasteiger partial charge in [-0.1, -0.05) is 6.92 Å². The molecule has 3 N–H and O–H groups in total. The number of aromatic nitrogens is 2. The third-order valence-electron chi connectivity index (χ3n) is 2.49. The highest BCUT2D eigenvalue weighted by Crippen LogP contribution is 2.31. The Morgan fingerprint density at radius 1 is 1.64 bits per heavy atom. The lowest BCUT2D eigenvalue weighted by Gasteiger charge is -2.17. The Hall–Kier alpha value is -0.990. The Morgan fingerprint density at radius 3 is 3.18 bits per heavy atom. The van der Waals surface area contributed by atoms with Gasteiger partial charge in [-0.2, -0.15) is 5.10 Å². The summed E-state index contributed by atoms with van der Waals surface area (Å²) >= 11 is 0. The summed E-state index contributed by atoms with van der Waals surface area (Å²) in [5.41, 5.74) is 8.19. The first-order valence-electron chi connectivity index (χ1n) is 4.11. The van der Waals surface area contributed by atoms with Crippen LogP contribution in [0, 0.1) is 0 Å². The quantitative estimate of drug-likeness (QED) is 0.589. The van der Waals surface area contributed by atoms with Crippen molar-refractivity contribution in [3.63, 3.8) is 0 Å². The smallest absolute Gasteiger partial charge is 0.148 e. The summed E-state index contributed by atoms with van der Waals surface area (Å²) in [7, 11) is 0. The lowest BCUT2D eigenvalue weighted by Crippen LogP contribution is -2.06. The molecule has 1 unspecified atom stereocenters. The lowest BCUT2D eigenvalue weighted by molar-refractivity contribution is 0.578. The normalized spacial score (nSPS) is 23.2. The summed E-state index contributed by atoms with van der Waals surface area (Å²) in [4.78, 5) is 0. The van der Waals surface area contributed by atoms with E-state index in [1.165, 1.54) is 24.1 Å². The van der Waals surface area contributed by atoms with Gasteiger partial charge in [0.1, 0.15) is 5.82 Å². The van der Waals surface area contributed by atoms with E-state index in [1.807, 2.05) is 0 Å². The van der Waals surface area contributed by atoms with Crippen molar-refractivity contribution in [1.29, 1.82) is 0 Å². The van der Waals surface area contributed by atoms with Crippen molar-refractivity contribution in [3.05, 3.63) is 11.3 Å². The number of nitrogens with two attached hydrogens (primary N) is 1. The maximum atomic E-state index is 5.68. The average Bonchev–Trinajstić information content (AvgIpc) is 2.35. The largest absolute Gasteiger partial charge is 0.382 e. The van der Waals surface area contributed by atoms with Crippen LogP contribution in [-0.2, 0) is 6.42 Å². The van der Waals surface area contributed by atoms with E-state index >= 15 is 0 Å². The molecule has 0 amide bonds. The van der Waals surface area contributed by atoms with Crippen LogP contribution in [0.4, 0.5) is 5.82 Å². The summed E-state index contributed by atoms with van der Waals surface area (Å²) in [5.74, 6) is 1.31. The summed E-state index contributed by atoms with van der Waals surface area (Å²) in [6.45, 7) is 2.22. The van der Waals surface area contributed by atoms with E-state index < -0.39 is 0 Å². The van der Waals surface area contributed by atoms with Crippen LogP contribution in [0.2, 0.25) is 0 Å². The molecule has 0 saturated carbocycles. The van der Waals surface area contributed by atoms with Gasteiger partial charge in [-0.25, -0.2) is 0 Å². The van der Waals surface area contributed by atoms with Crippen LogP contribution < -0.4 is 5.73 Å². The van der Waals surface area contributed by atoms with Crippen LogP contribution in [-0.4, -0.2) is 10.2 Å². The van der Waals surface area contributed by atoms with E-state index in [9.17, 15) is 0 Å². The molecule has 3 nitrogen and oxygen atoms in total. The summed E-state index contributed by atoms with van der Waals surface area (Å²) in [5, 5.41) is 7.00. The van der Waals surface area contributed by atoms with Crippen LogP contribution in [0.5, 0.6) is 0 Å². The predicted molar refractivity (Wildman–Crippen MR) is 44.4 cm³/mol. The van der Waals surface area contributed by atoms with Crippen molar-refractivity contribution < 1.29 is 0 Å². The summed E-state index contributed by atoms with van der Waals surface area (Å²) < 4.78 is 0. The minimum Gasteiger partial charge on any atom is -0.382 e. The van der Waals surface area contributed by atoms with Gasteiger partial charge in [0, 0.05) is 11.3 Å². The number of hydrogen-bond acceptors (Lipinski definition) is 2. The second-order valence-electron chi connectivity index (χ2n) is 3.29. The Labute approximate surface area is 66.0 Å². The molecule has 3 heteroatoms. The number of hydrogen-bond donors (Lipinski definition) is 2. The minimum atomic E-state index is 0.614. The van der Waals surface area contributed by atoms with Crippen LogP contribution in [0.25, 0.3) is 0 Å².